The third kappa shape index (κ3) is 4.87. The lowest BCUT2D eigenvalue weighted by atomic mass is 10.2. The van der Waals surface area contributed by atoms with Crippen molar-refractivity contribution >= 4 is 38.9 Å². The Labute approximate surface area is 184 Å². The average Bonchev–Trinajstić information content (AvgIpc) is 3.15. The third-order valence-corrected chi connectivity index (χ3v) is 6.21. The van der Waals surface area contributed by atoms with E-state index in [4.69, 9.17) is 11.6 Å². The first-order valence-corrected chi connectivity index (χ1v) is 11.3. The minimum Gasteiger partial charge on any atom is -0.346 e. The number of halogens is 1. The minimum absolute atomic E-state index is 0.00287. The van der Waals surface area contributed by atoms with Crippen molar-refractivity contribution < 1.29 is 13.2 Å². The number of benzene rings is 2. The van der Waals surface area contributed by atoms with Gasteiger partial charge in [-0.1, -0.05) is 35.4 Å². The summed E-state index contributed by atoms with van der Waals surface area (Å²) in [6.07, 6.45) is 3.50. The first-order chi connectivity index (χ1) is 14.8. The highest BCUT2D eigenvalue weighted by Crippen LogP contribution is 2.18. The van der Waals surface area contributed by atoms with Crippen LogP contribution in [0.5, 0.6) is 0 Å². The van der Waals surface area contributed by atoms with Crippen LogP contribution in [-0.2, 0) is 16.6 Å². The maximum atomic E-state index is 12.7. The highest BCUT2D eigenvalue weighted by Gasteiger charge is 2.17. The van der Waals surface area contributed by atoms with Crippen LogP contribution >= 0.6 is 11.6 Å². The molecule has 2 N–H and O–H groups in total. The Bertz CT molecular complexity index is 1370. The summed E-state index contributed by atoms with van der Waals surface area (Å²) >= 11 is 5.97. The van der Waals surface area contributed by atoms with Crippen molar-refractivity contribution in [3.63, 3.8) is 0 Å². The molecule has 0 aliphatic carbocycles. The van der Waals surface area contributed by atoms with Crippen LogP contribution in [0.3, 0.4) is 0 Å². The summed E-state index contributed by atoms with van der Waals surface area (Å²) in [5.74, 6) is -0.400. The molecule has 31 heavy (non-hydrogen) atoms. The first-order valence-electron chi connectivity index (χ1n) is 9.41. The van der Waals surface area contributed by atoms with Gasteiger partial charge in [0.1, 0.15) is 5.65 Å². The van der Waals surface area contributed by atoms with E-state index in [0.29, 0.717) is 22.1 Å². The number of hydrogen-bond acceptors (Lipinski definition) is 4. The maximum Gasteiger partial charge on any atom is 0.261 e. The molecule has 0 spiro atoms. The molecule has 2 aromatic carbocycles. The first kappa shape index (κ1) is 20.9. The summed E-state index contributed by atoms with van der Waals surface area (Å²) < 4.78 is 29.7. The van der Waals surface area contributed by atoms with Crippen LogP contribution in [0.15, 0.2) is 78.0 Å². The van der Waals surface area contributed by atoms with Crippen LogP contribution < -0.4 is 10.0 Å². The second-order valence-electron chi connectivity index (χ2n) is 7.03. The smallest absolute Gasteiger partial charge is 0.261 e. The van der Waals surface area contributed by atoms with Crippen molar-refractivity contribution in [3.05, 3.63) is 94.9 Å². The molecule has 9 heteroatoms. The highest BCUT2D eigenvalue weighted by atomic mass is 35.5. The van der Waals surface area contributed by atoms with Crippen molar-refractivity contribution in [1.29, 1.82) is 0 Å². The van der Waals surface area contributed by atoms with Crippen molar-refractivity contribution in [3.8, 4) is 0 Å². The molecule has 0 saturated carbocycles. The molecule has 0 atom stereocenters. The number of carbonyl (C=O) groups is 1. The number of nitrogens with one attached hydrogen (secondary N) is 2. The summed E-state index contributed by atoms with van der Waals surface area (Å²) in [6, 6.07) is 16.4. The molecule has 0 radical (unpaired) electrons. The number of nitrogens with zero attached hydrogens (tertiary/aromatic N) is 2. The normalized spacial score (nSPS) is 11.4. The van der Waals surface area contributed by atoms with Crippen LogP contribution in [0, 0.1) is 6.92 Å². The van der Waals surface area contributed by atoms with E-state index in [-0.39, 0.29) is 17.0 Å². The number of anilines is 1. The van der Waals surface area contributed by atoms with Crippen molar-refractivity contribution in [2.75, 3.05) is 4.72 Å². The summed E-state index contributed by atoms with van der Waals surface area (Å²) in [5.41, 5.74) is 3.07. The van der Waals surface area contributed by atoms with Gasteiger partial charge in [-0.2, -0.15) is 0 Å². The van der Waals surface area contributed by atoms with Gasteiger partial charge in [0.2, 0.25) is 0 Å². The predicted octanol–water partition coefficient (Wildman–Crippen LogP) is 4.03. The monoisotopic (exact) mass is 454 g/mol. The molecule has 0 saturated heterocycles. The van der Waals surface area contributed by atoms with Gasteiger partial charge >= 0.3 is 0 Å². The van der Waals surface area contributed by atoms with Gasteiger partial charge in [-0.3, -0.25) is 9.52 Å². The number of carbonyl (C=O) groups excluding carboxylic acids is 1. The highest BCUT2D eigenvalue weighted by molar-refractivity contribution is 7.92. The second-order valence-corrected chi connectivity index (χ2v) is 9.15. The maximum absolute atomic E-state index is 12.7. The van der Waals surface area contributed by atoms with Gasteiger partial charge in [-0.25, -0.2) is 13.4 Å². The van der Waals surface area contributed by atoms with Gasteiger partial charge in [-0.15, -0.1) is 0 Å². The molecule has 2 aromatic heterocycles. The Morgan fingerprint density at radius 1 is 1.06 bits per heavy atom. The summed E-state index contributed by atoms with van der Waals surface area (Å²) in [6.45, 7) is 2.11. The largest absolute Gasteiger partial charge is 0.346 e. The number of rotatable bonds is 6. The number of hydrogen-bond donors (Lipinski definition) is 2. The summed E-state index contributed by atoms with van der Waals surface area (Å²) in [5, 5.41) is 3.34. The standard InChI is InChI=1S/C22H19ClN4O3S/c1-15-5-8-18(9-6-15)26-31(29,30)20-4-2-3-16(11-20)22(28)24-12-19-14-27-13-17(23)7-10-21(27)25-19/h2-11,13-14,26H,12H2,1H3,(H,24,28). The molecule has 0 fully saturated rings. The molecule has 0 aliphatic rings. The van der Waals surface area contributed by atoms with E-state index >= 15 is 0 Å². The SMILES string of the molecule is Cc1ccc(NS(=O)(=O)c2cccc(C(=O)NCc3cn4cc(Cl)ccc4n3)c2)cc1. The van der Waals surface area contributed by atoms with E-state index in [0.717, 1.165) is 5.56 Å². The number of fused-ring (bicyclic) bond motifs is 1. The third-order valence-electron chi connectivity index (χ3n) is 4.61. The van der Waals surface area contributed by atoms with Gasteiger partial charge in [0.15, 0.2) is 0 Å². The number of sulfonamides is 1. The molecule has 4 aromatic rings. The number of imidazole rings is 1. The van der Waals surface area contributed by atoms with Gasteiger partial charge in [-0.05, 0) is 49.4 Å². The zero-order valence-electron chi connectivity index (χ0n) is 16.5. The summed E-state index contributed by atoms with van der Waals surface area (Å²) in [4.78, 5) is 17.0. The topological polar surface area (TPSA) is 92.6 Å². The van der Waals surface area contributed by atoms with Crippen LogP contribution in [0.1, 0.15) is 21.6 Å². The van der Waals surface area contributed by atoms with Crippen LogP contribution in [0.2, 0.25) is 5.02 Å². The quantitative estimate of drug-likeness (QED) is 0.460. The van der Waals surface area contributed by atoms with E-state index in [1.54, 1.807) is 47.1 Å². The van der Waals surface area contributed by atoms with E-state index in [2.05, 4.69) is 15.0 Å². The van der Waals surface area contributed by atoms with E-state index in [9.17, 15) is 13.2 Å². The Hall–Kier alpha value is -3.36. The Morgan fingerprint density at radius 2 is 1.84 bits per heavy atom. The Kier molecular flexibility index (Phi) is 5.67. The molecule has 2 heterocycles. The molecule has 0 unspecified atom stereocenters. The number of amides is 1. The number of aromatic nitrogens is 2. The average molecular weight is 455 g/mol. The molecule has 158 valence electrons. The van der Waals surface area contributed by atoms with Gasteiger partial charge in [0.25, 0.3) is 15.9 Å². The van der Waals surface area contributed by atoms with Crippen molar-refractivity contribution in [2.45, 2.75) is 18.4 Å². The van der Waals surface area contributed by atoms with Crippen LogP contribution in [0.25, 0.3) is 5.65 Å². The summed E-state index contributed by atoms with van der Waals surface area (Å²) in [7, 11) is -3.83. The molecule has 0 bridgehead atoms. The zero-order valence-corrected chi connectivity index (χ0v) is 18.1. The van der Waals surface area contributed by atoms with Gasteiger partial charge in [0, 0.05) is 23.6 Å². The molecular weight excluding hydrogens is 436 g/mol. The fourth-order valence-corrected chi connectivity index (χ4v) is 4.29. The minimum atomic E-state index is -3.83. The zero-order chi connectivity index (χ0) is 22.0. The van der Waals surface area contributed by atoms with Gasteiger partial charge in [0.05, 0.1) is 22.2 Å². The fraction of sp³-hybridized carbons (Fsp3) is 0.0909. The molecule has 1 amide bonds. The number of pyridine rings is 1. The number of aryl methyl sites for hydroxylation is 1. The van der Waals surface area contributed by atoms with Crippen LogP contribution in [-0.4, -0.2) is 23.7 Å². The lowest BCUT2D eigenvalue weighted by Crippen LogP contribution is -2.23. The van der Waals surface area contributed by atoms with Gasteiger partial charge < -0.3 is 9.72 Å². The Balaban J connectivity index is 1.47. The Morgan fingerprint density at radius 3 is 2.61 bits per heavy atom. The molecule has 0 aliphatic heterocycles. The lowest BCUT2D eigenvalue weighted by Gasteiger charge is -2.10. The molecule has 4 rings (SSSR count). The fourth-order valence-electron chi connectivity index (χ4n) is 3.02. The van der Waals surface area contributed by atoms with Crippen molar-refractivity contribution in [2.24, 2.45) is 0 Å². The predicted molar refractivity (Wildman–Crippen MR) is 120 cm³/mol. The van der Waals surface area contributed by atoms with E-state index in [1.165, 1.54) is 18.2 Å². The van der Waals surface area contributed by atoms with Crippen LogP contribution in [0.4, 0.5) is 5.69 Å². The van der Waals surface area contributed by atoms with E-state index < -0.39 is 15.9 Å². The van der Waals surface area contributed by atoms with Crippen molar-refractivity contribution in [1.82, 2.24) is 14.7 Å². The molecule has 7 nitrogen and oxygen atoms in total. The second kappa shape index (κ2) is 8.41. The van der Waals surface area contributed by atoms with E-state index in [1.807, 2.05) is 19.1 Å². The lowest BCUT2D eigenvalue weighted by molar-refractivity contribution is 0.0950. The molecular formula is C22H19ClN4O3S.